The molecule has 0 radical (unpaired) electrons. The first-order valence-corrected chi connectivity index (χ1v) is 9.79. The normalized spacial score (nSPS) is 15.3. The number of para-hydroxylation sites is 1. The minimum atomic E-state index is -0.0188. The molecule has 0 fully saturated rings. The number of nitrogens with zero attached hydrogens (tertiary/aromatic N) is 1. The minimum absolute atomic E-state index is 0. The van der Waals surface area contributed by atoms with E-state index in [-0.39, 0.29) is 41.7 Å². The number of hydrogen-bond acceptors (Lipinski definition) is 3. The van der Waals surface area contributed by atoms with Crippen molar-refractivity contribution in [2.75, 3.05) is 25.5 Å². The number of halogens is 1. The third-order valence-corrected chi connectivity index (χ3v) is 4.82. The summed E-state index contributed by atoms with van der Waals surface area (Å²) in [5.74, 6) is 0.695. The Morgan fingerprint density at radius 1 is 1.07 bits per heavy atom. The van der Waals surface area contributed by atoms with Crippen LogP contribution in [0.25, 0.3) is 0 Å². The first-order chi connectivity index (χ1) is 14.2. The van der Waals surface area contributed by atoms with Gasteiger partial charge in [0, 0.05) is 51.1 Å². The lowest BCUT2D eigenvalue weighted by atomic mass is 9.90. The van der Waals surface area contributed by atoms with Gasteiger partial charge in [-0.3, -0.25) is 14.6 Å². The van der Waals surface area contributed by atoms with Crippen molar-refractivity contribution in [1.29, 1.82) is 0 Å². The number of guanidine groups is 1. The van der Waals surface area contributed by atoms with Crippen molar-refractivity contribution in [1.82, 2.24) is 16.0 Å². The van der Waals surface area contributed by atoms with E-state index in [2.05, 4.69) is 26.3 Å². The summed E-state index contributed by atoms with van der Waals surface area (Å²) in [6, 6.07) is 17.7. The number of nitrogens with one attached hydrogen (secondary N) is 4. The number of fused-ring (bicyclic) bond motifs is 1. The Labute approximate surface area is 194 Å². The van der Waals surface area contributed by atoms with Crippen LogP contribution in [0.4, 0.5) is 5.69 Å². The van der Waals surface area contributed by atoms with Gasteiger partial charge in [-0.05, 0) is 17.2 Å². The van der Waals surface area contributed by atoms with E-state index in [4.69, 9.17) is 0 Å². The maximum Gasteiger partial charge on any atom is 0.225 e. The number of rotatable bonds is 7. The number of anilines is 1. The standard InChI is InChI=1S/C22H27N5O2.HI/c1-23-22(24-12-11-20(28)25-14-16-7-3-2-4-8-16)26-15-17-13-21(29)27-19-10-6-5-9-18(17)19;/h2-10,17H,11-15H2,1H3,(H,25,28)(H,27,29)(H2,23,24,26);1H. The number of benzene rings is 2. The van der Waals surface area contributed by atoms with Gasteiger partial charge in [-0.2, -0.15) is 0 Å². The molecule has 0 aromatic heterocycles. The van der Waals surface area contributed by atoms with E-state index in [1.165, 1.54) is 0 Å². The van der Waals surface area contributed by atoms with Crippen molar-refractivity contribution < 1.29 is 9.59 Å². The smallest absolute Gasteiger partial charge is 0.225 e. The summed E-state index contributed by atoms with van der Waals surface area (Å²) in [5, 5.41) is 12.2. The average molecular weight is 521 g/mol. The van der Waals surface area contributed by atoms with Crippen LogP contribution in [0.1, 0.15) is 29.9 Å². The number of carbonyl (C=O) groups excluding carboxylic acids is 2. The van der Waals surface area contributed by atoms with Crippen LogP contribution in [0.15, 0.2) is 59.6 Å². The van der Waals surface area contributed by atoms with Crippen LogP contribution < -0.4 is 21.3 Å². The fourth-order valence-electron chi connectivity index (χ4n) is 3.30. The number of hydrogen-bond donors (Lipinski definition) is 4. The van der Waals surface area contributed by atoms with Gasteiger partial charge >= 0.3 is 0 Å². The summed E-state index contributed by atoms with van der Waals surface area (Å²) >= 11 is 0. The van der Waals surface area contributed by atoms with E-state index in [0.29, 0.717) is 38.4 Å². The van der Waals surface area contributed by atoms with Crippen LogP contribution >= 0.6 is 24.0 Å². The van der Waals surface area contributed by atoms with E-state index in [9.17, 15) is 9.59 Å². The first-order valence-electron chi connectivity index (χ1n) is 9.79. The van der Waals surface area contributed by atoms with Crippen LogP contribution in [0.2, 0.25) is 0 Å². The molecule has 1 heterocycles. The molecule has 0 saturated carbocycles. The van der Waals surface area contributed by atoms with Gasteiger partial charge in [0.25, 0.3) is 0 Å². The molecule has 2 amide bonds. The zero-order chi connectivity index (χ0) is 20.5. The number of aliphatic imine (C=N–C) groups is 1. The maximum absolute atomic E-state index is 12.0. The molecule has 1 unspecified atom stereocenters. The molecule has 8 heteroatoms. The van der Waals surface area contributed by atoms with Crippen molar-refractivity contribution in [2.24, 2.45) is 4.99 Å². The zero-order valence-corrected chi connectivity index (χ0v) is 19.3. The fraction of sp³-hybridized carbons (Fsp3) is 0.318. The van der Waals surface area contributed by atoms with E-state index >= 15 is 0 Å². The largest absolute Gasteiger partial charge is 0.356 e. The maximum atomic E-state index is 12.0. The Morgan fingerprint density at radius 2 is 1.80 bits per heavy atom. The van der Waals surface area contributed by atoms with E-state index in [1.54, 1.807) is 7.05 Å². The second-order valence-corrected chi connectivity index (χ2v) is 6.93. The van der Waals surface area contributed by atoms with Crippen LogP contribution in [-0.2, 0) is 16.1 Å². The third kappa shape index (κ3) is 7.01. The molecule has 30 heavy (non-hydrogen) atoms. The lowest BCUT2D eigenvalue weighted by Gasteiger charge is -2.26. The summed E-state index contributed by atoms with van der Waals surface area (Å²) in [4.78, 5) is 28.1. The van der Waals surface area contributed by atoms with Crippen molar-refractivity contribution in [3.8, 4) is 0 Å². The molecule has 2 aromatic rings. The molecule has 3 rings (SSSR count). The third-order valence-electron chi connectivity index (χ3n) is 4.82. The molecular weight excluding hydrogens is 493 g/mol. The fourth-order valence-corrected chi connectivity index (χ4v) is 3.30. The van der Waals surface area contributed by atoms with Crippen molar-refractivity contribution >= 4 is 47.4 Å². The second-order valence-electron chi connectivity index (χ2n) is 6.93. The van der Waals surface area contributed by atoms with Gasteiger partial charge < -0.3 is 21.3 Å². The van der Waals surface area contributed by atoms with Crippen LogP contribution in [0.3, 0.4) is 0 Å². The van der Waals surface area contributed by atoms with Gasteiger partial charge in [0.05, 0.1) is 0 Å². The molecule has 0 aliphatic carbocycles. The number of amides is 2. The van der Waals surface area contributed by atoms with Crippen LogP contribution in [-0.4, -0.2) is 37.9 Å². The highest BCUT2D eigenvalue weighted by molar-refractivity contribution is 14.0. The molecule has 2 aromatic carbocycles. The van der Waals surface area contributed by atoms with Crippen LogP contribution in [0.5, 0.6) is 0 Å². The first kappa shape index (κ1) is 23.7. The quantitative estimate of drug-likeness (QED) is 0.256. The molecule has 4 N–H and O–H groups in total. The molecule has 1 atom stereocenters. The zero-order valence-electron chi connectivity index (χ0n) is 17.0. The van der Waals surface area contributed by atoms with E-state index < -0.39 is 0 Å². The van der Waals surface area contributed by atoms with Crippen molar-refractivity contribution in [3.05, 3.63) is 65.7 Å². The summed E-state index contributed by atoms with van der Waals surface area (Å²) in [6.45, 7) is 1.59. The highest BCUT2D eigenvalue weighted by atomic mass is 127. The van der Waals surface area contributed by atoms with Crippen molar-refractivity contribution in [2.45, 2.75) is 25.3 Å². The Balaban J connectivity index is 0.00000320. The lowest BCUT2D eigenvalue weighted by Crippen LogP contribution is -2.42. The van der Waals surface area contributed by atoms with E-state index in [0.717, 1.165) is 16.8 Å². The Hall–Kier alpha value is -2.62. The van der Waals surface area contributed by atoms with Crippen LogP contribution in [0, 0.1) is 0 Å². The Morgan fingerprint density at radius 3 is 2.57 bits per heavy atom. The van der Waals surface area contributed by atoms with E-state index in [1.807, 2.05) is 54.6 Å². The van der Waals surface area contributed by atoms with Crippen molar-refractivity contribution in [3.63, 3.8) is 0 Å². The van der Waals surface area contributed by atoms with Gasteiger partial charge in [0.15, 0.2) is 5.96 Å². The molecule has 7 nitrogen and oxygen atoms in total. The highest BCUT2D eigenvalue weighted by Gasteiger charge is 2.24. The topological polar surface area (TPSA) is 94.6 Å². The second kappa shape index (κ2) is 12.2. The predicted octanol–water partition coefficient (Wildman–Crippen LogP) is 2.60. The van der Waals surface area contributed by atoms with Gasteiger partial charge in [-0.15, -0.1) is 24.0 Å². The summed E-state index contributed by atoms with van der Waals surface area (Å²) in [5.41, 5.74) is 3.06. The predicted molar refractivity (Wildman–Crippen MR) is 130 cm³/mol. The van der Waals surface area contributed by atoms with Gasteiger partial charge in [0.2, 0.25) is 11.8 Å². The average Bonchev–Trinajstić information content (AvgIpc) is 2.75. The Kier molecular flexibility index (Phi) is 9.59. The monoisotopic (exact) mass is 521 g/mol. The molecular formula is C22H28IN5O2. The molecule has 0 bridgehead atoms. The SMILES string of the molecule is CN=C(NCCC(=O)NCc1ccccc1)NCC1CC(=O)Nc2ccccc21.I. The van der Waals surface area contributed by atoms with Gasteiger partial charge in [-0.25, -0.2) is 0 Å². The highest BCUT2D eigenvalue weighted by Crippen LogP contribution is 2.31. The molecule has 0 spiro atoms. The molecule has 0 saturated heterocycles. The van der Waals surface area contributed by atoms with Gasteiger partial charge in [0.1, 0.15) is 0 Å². The molecule has 1 aliphatic rings. The summed E-state index contributed by atoms with van der Waals surface area (Å²) in [7, 11) is 1.69. The van der Waals surface area contributed by atoms with Gasteiger partial charge in [-0.1, -0.05) is 48.5 Å². The minimum Gasteiger partial charge on any atom is -0.356 e. The molecule has 1 aliphatic heterocycles. The summed E-state index contributed by atoms with van der Waals surface area (Å²) < 4.78 is 0. The lowest BCUT2D eigenvalue weighted by molar-refractivity contribution is -0.121. The summed E-state index contributed by atoms with van der Waals surface area (Å²) in [6.07, 6.45) is 0.783. The Bertz CT molecular complexity index is 873. The molecule has 160 valence electrons. The number of carbonyl (C=O) groups is 2.